The summed E-state index contributed by atoms with van der Waals surface area (Å²) in [5.74, 6) is -0.469. The first kappa shape index (κ1) is 44.1. The minimum absolute atomic E-state index is 0.0655. The molecule has 0 bridgehead atoms. The molecule has 0 radical (unpaired) electrons. The van der Waals surface area contributed by atoms with Crippen molar-refractivity contribution in [3.63, 3.8) is 0 Å². The van der Waals surface area contributed by atoms with Gasteiger partial charge >= 0.3 is 5.69 Å². The topological polar surface area (TPSA) is 196 Å². The molecule has 5 aromatic rings. The molecule has 1 saturated carbocycles. The van der Waals surface area contributed by atoms with E-state index < -0.39 is 37.0 Å². The number of carbonyl (C=O) groups is 1. The van der Waals surface area contributed by atoms with Gasteiger partial charge in [-0.3, -0.25) is 19.8 Å². The van der Waals surface area contributed by atoms with Crippen LogP contribution in [0.3, 0.4) is 0 Å². The number of allylic oxidation sites excluding steroid dienone is 1. The Bertz CT molecular complexity index is 2650. The summed E-state index contributed by atoms with van der Waals surface area (Å²) in [6, 6.07) is 17.7. The smallest absolute Gasteiger partial charge is 0.312 e. The number of nitrogens with zero attached hydrogens (tertiary/aromatic N) is 5. The second-order valence-corrected chi connectivity index (χ2v) is 20.2. The van der Waals surface area contributed by atoms with E-state index in [4.69, 9.17) is 16.3 Å². The maximum absolute atomic E-state index is 13.9. The highest BCUT2D eigenvalue weighted by Gasteiger charge is 2.32. The summed E-state index contributed by atoms with van der Waals surface area (Å²) >= 11 is 6.24. The number of nitrogens with one attached hydrogen (secondary N) is 3. The Morgan fingerprint density at radius 2 is 1.75 bits per heavy atom. The van der Waals surface area contributed by atoms with Gasteiger partial charge in [-0.25, -0.2) is 23.1 Å². The van der Waals surface area contributed by atoms with Crippen LogP contribution in [0.4, 0.5) is 17.2 Å². The van der Waals surface area contributed by atoms with Crippen molar-refractivity contribution in [2.24, 2.45) is 11.3 Å². The first-order valence-corrected chi connectivity index (χ1v) is 23.2. The zero-order chi connectivity index (χ0) is 44.5. The number of halogens is 1. The lowest BCUT2D eigenvalue weighted by Crippen LogP contribution is -2.47. The minimum Gasteiger partial charge on any atom is -0.455 e. The van der Waals surface area contributed by atoms with Gasteiger partial charge in [0.2, 0.25) is 5.82 Å². The first-order chi connectivity index (χ1) is 30.0. The van der Waals surface area contributed by atoms with E-state index in [-0.39, 0.29) is 28.5 Å². The van der Waals surface area contributed by atoms with Gasteiger partial charge in [0.25, 0.3) is 15.9 Å². The average Bonchev–Trinajstić information content (AvgIpc) is 3.72. The molecule has 15 nitrogen and oxygen atoms in total. The fourth-order valence-corrected chi connectivity index (χ4v) is 9.87. The van der Waals surface area contributed by atoms with Crippen LogP contribution in [0.5, 0.6) is 11.5 Å². The largest absolute Gasteiger partial charge is 0.455 e. The lowest BCUT2D eigenvalue weighted by Gasteiger charge is -2.39. The molecule has 2 aliphatic carbocycles. The number of aromatic amines is 1. The van der Waals surface area contributed by atoms with E-state index in [2.05, 4.69) is 60.8 Å². The number of fused-ring (bicyclic) bond motifs is 1. The number of hydrogen-bond donors (Lipinski definition) is 4. The molecule has 2 aromatic carbocycles. The Balaban J connectivity index is 0.993. The monoisotopic (exact) mass is 896 g/mol. The predicted octanol–water partition coefficient (Wildman–Crippen LogP) is 8.57. The molecule has 1 amide bonds. The molecule has 3 aliphatic rings. The lowest BCUT2D eigenvalue weighted by molar-refractivity contribution is -0.384. The van der Waals surface area contributed by atoms with E-state index in [1.54, 1.807) is 31.3 Å². The number of H-pyrrole nitrogens is 1. The molecular weight excluding hydrogens is 844 g/mol. The van der Waals surface area contributed by atoms with Crippen LogP contribution in [-0.4, -0.2) is 89.1 Å². The highest BCUT2D eigenvalue weighted by Crippen LogP contribution is 2.43. The van der Waals surface area contributed by atoms with Gasteiger partial charge < -0.3 is 25.0 Å². The molecule has 0 unspecified atom stereocenters. The maximum atomic E-state index is 13.9. The Hall–Kier alpha value is -5.55. The number of sulfonamides is 1. The fraction of sp³-hybridized carbons (Fsp3) is 0.413. The quantitative estimate of drug-likeness (QED) is 0.0650. The van der Waals surface area contributed by atoms with Crippen molar-refractivity contribution >= 4 is 61.3 Å². The van der Waals surface area contributed by atoms with Gasteiger partial charge in [-0.2, -0.15) is 0 Å². The second-order valence-electron chi connectivity index (χ2n) is 18.1. The SMILES string of the molecule is CC1(C)CCC(CN2CCN(c3ccc(C(=O)NS(=O)(=O)c4cnc(NC[C@H]5CC[C@@](C)(O)CC5)c([N+](=O)[O-])c4)c(Oc4cnc5[nH]ccc5c4)c3)CC2)=C(c2ccc(Cl)cc2)C1. The third-order valence-corrected chi connectivity index (χ3v) is 14.2. The van der Waals surface area contributed by atoms with Gasteiger partial charge in [0.1, 0.15) is 22.0 Å². The van der Waals surface area contributed by atoms with E-state index in [1.165, 1.54) is 29.0 Å². The standard InChI is InChI=1S/C46H53ClN8O7S/c1-45(2)14-12-33(39(25-45)31-4-6-34(47)7-5-31)29-53-18-20-54(21-19-53)35-8-9-38(41(23-35)62-36-22-32-13-17-48-42(32)50-27-36)44(56)52-63(60,61)37-24-40(55(58)59)43(51-28-37)49-26-30-10-15-46(3,57)16-11-30/h4-9,13,17,22-24,27-28,30,57H,10-12,14-16,18-21,25-26,29H2,1-3H3,(H,48,50)(H,49,51)(H,52,56)/t30-,46+. The van der Waals surface area contributed by atoms with Gasteiger partial charge in [0.15, 0.2) is 0 Å². The predicted molar refractivity (Wildman–Crippen MR) is 244 cm³/mol. The van der Waals surface area contributed by atoms with Gasteiger partial charge in [-0.1, -0.05) is 43.2 Å². The molecule has 0 spiro atoms. The van der Waals surface area contributed by atoms with Crippen LogP contribution in [0.15, 0.2) is 89.7 Å². The molecule has 4 heterocycles. The van der Waals surface area contributed by atoms with Gasteiger partial charge in [0.05, 0.1) is 28.5 Å². The highest BCUT2D eigenvalue weighted by atomic mass is 35.5. The van der Waals surface area contributed by atoms with Crippen molar-refractivity contribution in [2.75, 3.05) is 49.5 Å². The third kappa shape index (κ3) is 10.5. The number of benzene rings is 2. The van der Waals surface area contributed by atoms with Crippen LogP contribution in [0, 0.1) is 21.4 Å². The summed E-state index contributed by atoms with van der Waals surface area (Å²) in [7, 11) is -4.64. The van der Waals surface area contributed by atoms with Crippen LogP contribution in [-0.2, 0) is 10.0 Å². The van der Waals surface area contributed by atoms with Gasteiger partial charge in [-0.05, 0) is 111 Å². The van der Waals surface area contributed by atoms with Gasteiger partial charge in [-0.15, -0.1) is 0 Å². The number of aromatic nitrogens is 3. The Morgan fingerprint density at radius 3 is 2.48 bits per heavy atom. The number of carbonyl (C=O) groups excluding carboxylic acids is 1. The van der Waals surface area contributed by atoms with Gasteiger partial charge in [0, 0.05) is 73.7 Å². The van der Waals surface area contributed by atoms with Crippen LogP contribution in [0.25, 0.3) is 16.6 Å². The molecule has 0 atom stereocenters. The number of aliphatic hydroxyl groups is 1. The summed E-state index contributed by atoms with van der Waals surface area (Å²) < 4.78 is 35.7. The number of amides is 1. The molecule has 332 valence electrons. The van der Waals surface area contributed by atoms with Crippen molar-refractivity contribution in [1.82, 2.24) is 24.6 Å². The maximum Gasteiger partial charge on any atom is 0.312 e. The fourth-order valence-electron chi connectivity index (χ4n) is 8.82. The van der Waals surface area contributed by atoms with Crippen LogP contribution in [0.2, 0.25) is 5.02 Å². The zero-order valence-electron chi connectivity index (χ0n) is 35.7. The molecule has 17 heteroatoms. The number of piperazine rings is 1. The molecule has 1 aliphatic heterocycles. The van der Waals surface area contributed by atoms with Crippen LogP contribution in [0.1, 0.15) is 81.6 Å². The van der Waals surface area contributed by atoms with Crippen molar-refractivity contribution in [1.29, 1.82) is 0 Å². The molecule has 63 heavy (non-hydrogen) atoms. The second kappa shape index (κ2) is 17.9. The number of anilines is 2. The summed E-state index contributed by atoms with van der Waals surface area (Å²) in [4.78, 5) is 41.0. The lowest BCUT2D eigenvalue weighted by atomic mass is 9.72. The zero-order valence-corrected chi connectivity index (χ0v) is 37.3. The van der Waals surface area contributed by atoms with E-state index in [1.807, 2.05) is 18.2 Å². The number of nitro groups is 1. The third-order valence-electron chi connectivity index (χ3n) is 12.7. The minimum atomic E-state index is -4.64. The number of pyridine rings is 2. The van der Waals surface area contributed by atoms with Crippen LogP contribution >= 0.6 is 11.6 Å². The van der Waals surface area contributed by atoms with Crippen LogP contribution < -0.4 is 19.7 Å². The average molecular weight is 897 g/mol. The number of hydrogen-bond acceptors (Lipinski definition) is 12. The summed E-state index contributed by atoms with van der Waals surface area (Å²) in [6.45, 7) is 10.7. The van der Waals surface area contributed by atoms with E-state index >= 15 is 0 Å². The molecule has 3 aromatic heterocycles. The molecule has 4 N–H and O–H groups in total. The van der Waals surface area contributed by atoms with Crippen molar-refractivity contribution < 1.29 is 28.0 Å². The number of rotatable bonds is 13. The summed E-state index contributed by atoms with van der Waals surface area (Å²) in [5, 5.41) is 26.9. The molecule has 1 saturated heterocycles. The van der Waals surface area contributed by atoms with Crippen molar-refractivity contribution in [3.05, 3.63) is 111 Å². The number of ether oxygens (including phenoxy) is 1. The van der Waals surface area contributed by atoms with E-state index in [0.717, 1.165) is 80.1 Å². The Labute approximate surface area is 372 Å². The summed E-state index contributed by atoms with van der Waals surface area (Å²) in [5.41, 5.74) is 4.41. The van der Waals surface area contributed by atoms with E-state index in [0.29, 0.717) is 43.9 Å². The Morgan fingerprint density at radius 1 is 1.00 bits per heavy atom. The summed E-state index contributed by atoms with van der Waals surface area (Å²) in [6.07, 6.45) is 10.1. The first-order valence-electron chi connectivity index (χ1n) is 21.4. The molecule has 2 fully saturated rings. The Kier molecular flexibility index (Phi) is 12.5. The normalized spacial score (nSPS) is 20.7. The molecule has 8 rings (SSSR count). The van der Waals surface area contributed by atoms with E-state index in [9.17, 15) is 28.4 Å². The molecular formula is C46H53ClN8O7S. The van der Waals surface area contributed by atoms with Crippen molar-refractivity contribution in [3.8, 4) is 11.5 Å². The van der Waals surface area contributed by atoms with Crippen molar-refractivity contribution in [2.45, 2.75) is 76.2 Å². The highest BCUT2D eigenvalue weighted by molar-refractivity contribution is 7.90.